The number of nitrogens with one attached hydrogen (secondary N) is 1. The monoisotopic (exact) mass is 494 g/mol. The molecule has 1 aliphatic heterocycles. The van der Waals surface area contributed by atoms with Gasteiger partial charge >= 0.3 is 12.1 Å². The molecule has 8 heteroatoms. The molecule has 35 heavy (non-hydrogen) atoms. The minimum Gasteiger partial charge on any atom is -0.480 e. The largest absolute Gasteiger partial charge is 0.480 e. The second-order valence-corrected chi connectivity index (χ2v) is 11.3. The second kappa shape index (κ2) is 9.22. The zero-order valence-corrected chi connectivity index (χ0v) is 20.7. The number of carbonyl (C=O) groups excluding carboxylic acids is 2. The van der Waals surface area contributed by atoms with Crippen molar-refractivity contribution in [3.63, 3.8) is 0 Å². The molecule has 2 aromatic rings. The Hall–Kier alpha value is -3.00. The molecule has 0 radical (unpaired) electrons. The van der Waals surface area contributed by atoms with E-state index in [0.29, 0.717) is 5.75 Å². The molecule has 2 fully saturated rings. The summed E-state index contributed by atoms with van der Waals surface area (Å²) in [5.41, 5.74) is 3.83. The fourth-order valence-electron chi connectivity index (χ4n) is 5.50. The smallest absolute Gasteiger partial charge is 0.407 e. The van der Waals surface area contributed by atoms with Crippen LogP contribution in [0.5, 0.6) is 0 Å². The molecule has 3 atom stereocenters. The fraction of sp³-hybridized carbons (Fsp3) is 0.444. The summed E-state index contributed by atoms with van der Waals surface area (Å²) in [4.78, 5) is 39.2. The number of alkyl carbamates (subject to hydrolysis) is 1. The van der Waals surface area contributed by atoms with Gasteiger partial charge in [-0.1, -0.05) is 48.5 Å². The molecule has 3 unspecified atom stereocenters. The van der Waals surface area contributed by atoms with Gasteiger partial charge in [0, 0.05) is 11.7 Å². The molecule has 7 nitrogen and oxygen atoms in total. The average Bonchev–Trinajstić information content (AvgIpc) is 3.55. The minimum absolute atomic E-state index is 0.0410. The predicted molar refractivity (Wildman–Crippen MR) is 134 cm³/mol. The number of rotatable bonds is 7. The first-order valence-corrected chi connectivity index (χ1v) is 13.1. The summed E-state index contributed by atoms with van der Waals surface area (Å²) in [7, 11) is 0. The lowest BCUT2D eigenvalue weighted by Gasteiger charge is -2.34. The number of carboxylic acids is 1. The maximum Gasteiger partial charge on any atom is 0.407 e. The van der Waals surface area contributed by atoms with Crippen LogP contribution in [0.15, 0.2) is 48.5 Å². The standard InChI is InChI=1S/C27H30N2O5S/c1-16-29(23(15-35-16)25(31)32)24(30)13-27(2,17-11-12-17)28-26(33)34-14-22-20-9-5-3-7-18(20)19-8-4-6-10-21(19)22/h3-10,16-17,22-23H,11-15H2,1-2H3,(H,28,33)(H,31,32). The quantitative estimate of drug-likeness (QED) is 0.590. The molecule has 3 aliphatic rings. The van der Waals surface area contributed by atoms with E-state index in [1.807, 2.05) is 38.1 Å². The number of carboxylic acid groups (broad SMARTS) is 1. The molecule has 5 rings (SSSR count). The Morgan fingerprint density at radius 3 is 2.26 bits per heavy atom. The summed E-state index contributed by atoms with van der Waals surface area (Å²) in [6.07, 6.45) is 1.34. The summed E-state index contributed by atoms with van der Waals surface area (Å²) >= 11 is 1.46. The van der Waals surface area contributed by atoms with Gasteiger partial charge in [-0.3, -0.25) is 4.79 Å². The van der Waals surface area contributed by atoms with Crippen molar-refractivity contribution in [2.75, 3.05) is 12.4 Å². The number of amides is 2. The fourth-order valence-corrected chi connectivity index (χ4v) is 6.68. The summed E-state index contributed by atoms with van der Waals surface area (Å²) in [5.74, 6) is -0.736. The summed E-state index contributed by atoms with van der Waals surface area (Å²) in [5, 5.41) is 12.3. The van der Waals surface area contributed by atoms with E-state index in [9.17, 15) is 19.5 Å². The number of fused-ring (bicyclic) bond motifs is 3. The number of hydrogen-bond acceptors (Lipinski definition) is 5. The van der Waals surface area contributed by atoms with Crippen LogP contribution >= 0.6 is 11.8 Å². The van der Waals surface area contributed by atoms with Crippen LogP contribution in [0.1, 0.15) is 50.2 Å². The van der Waals surface area contributed by atoms with Crippen molar-refractivity contribution in [2.45, 2.75) is 56.0 Å². The first-order chi connectivity index (χ1) is 16.8. The third-order valence-corrected chi connectivity index (χ3v) is 8.74. The maximum absolute atomic E-state index is 13.2. The molecule has 2 aliphatic carbocycles. The lowest BCUT2D eigenvalue weighted by Crippen LogP contribution is -2.53. The highest BCUT2D eigenvalue weighted by atomic mass is 32.2. The lowest BCUT2D eigenvalue weighted by atomic mass is 9.90. The number of benzene rings is 2. The van der Waals surface area contributed by atoms with E-state index in [-0.39, 0.29) is 36.1 Å². The number of carbonyl (C=O) groups is 3. The van der Waals surface area contributed by atoms with Crippen LogP contribution < -0.4 is 5.32 Å². The third-order valence-electron chi connectivity index (χ3n) is 7.52. The molecule has 2 aromatic carbocycles. The number of thioether (sulfide) groups is 1. The predicted octanol–water partition coefficient (Wildman–Crippen LogP) is 4.46. The van der Waals surface area contributed by atoms with E-state index >= 15 is 0 Å². The average molecular weight is 495 g/mol. The number of ether oxygens (including phenoxy) is 1. The van der Waals surface area contributed by atoms with Crippen LogP contribution in [-0.4, -0.2) is 57.3 Å². The molecule has 2 N–H and O–H groups in total. The van der Waals surface area contributed by atoms with Gasteiger partial charge in [-0.15, -0.1) is 11.8 Å². The molecule has 0 aromatic heterocycles. The summed E-state index contributed by atoms with van der Waals surface area (Å²) in [6.45, 7) is 3.92. The van der Waals surface area contributed by atoms with Gasteiger partial charge in [0.15, 0.2) is 0 Å². The van der Waals surface area contributed by atoms with Crippen molar-refractivity contribution in [1.29, 1.82) is 0 Å². The van der Waals surface area contributed by atoms with Crippen LogP contribution in [0, 0.1) is 5.92 Å². The Labute approximate surface area is 209 Å². The first-order valence-electron chi connectivity index (χ1n) is 12.1. The summed E-state index contributed by atoms with van der Waals surface area (Å²) in [6, 6.07) is 15.5. The Bertz CT molecular complexity index is 1120. The van der Waals surface area contributed by atoms with Crippen LogP contribution in [-0.2, 0) is 14.3 Å². The Kier molecular flexibility index (Phi) is 6.25. The van der Waals surface area contributed by atoms with E-state index in [1.165, 1.54) is 16.7 Å². The minimum atomic E-state index is -0.993. The van der Waals surface area contributed by atoms with Gasteiger partial charge in [0.25, 0.3) is 0 Å². The van der Waals surface area contributed by atoms with Crippen molar-refractivity contribution in [2.24, 2.45) is 5.92 Å². The van der Waals surface area contributed by atoms with Crippen molar-refractivity contribution in [3.8, 4) is 11.1 Å². The molecule has 1 saturated heterocycles. The maximum atomic E-state index is 13.2. The van der Waals surface area contributed by atoms with E-state index in [0.717, 1.165) is 35.1 Å². The highest BCUT2D eigenvalue weighted by molar-refractivity contribution is 8.00. The number of hydrogen-bond donors (Lipinski definition) is 2. The van der Waals surface area contributed by atoms with Gasteiger partial charge in [0.05, 0.1) is 17.3 Å². The Morgan fingerprint density at radius 1 is 1.09 bits per heavy atom. The van der Waals surface area contributed by atoms with Crippen LogP contribution in [0.2, 0.25) is 0 Å². The van der Waals surface area contributed by atoms with Crippen LogP contribution in [0.3, 0.4) is 0 Å². The normalized spacial score (nSPS) is 22.7. The van der Waals surface area contributed by atoms with Gasteiger partial charge in [0.2, 0.25) is 5.91 Å². The molecule has 1 saturated carbocycles. The molecular weight excluding hydrogens is 464 g/mol. The van der Waals surface area contributed by atoms with Crippen molar-refractivity contribution >= 4 is 29.7 Å². The van der Waals surface area contributed by atoms with E-state index in [4.69, 9.17) is 4.74 Å². The highest BCUT2D eigenvalue weighted by Gasteiger charge is 2.48. The highest BCUT2D eigenvalue weighted by Crippen LogP contribution is 2.45. The van der Waals surface area contributed by atoms with E-state index in [1.54, 1.807) is 0 Å². The van der Waals surface area contributed by atoms with Crippen molar-refractivity contribution < 1.29 is 24.2 Å². The lowest BCUT2D eigenvalue weighted by molar-refractivity contribution is -0.149. The van der Waals surface area contributed by atoms with Gasteiger partial charge in [-0.05, 0) is 54.9 Å². The molecule has 184 valence electrons. The van der Waals surface area contributed by atoms with E-state index in [2.05, 4.69) is 29.6 Å². The summed E-state index contributed by atoms with van der Waals surface area (Å²) < 4.78 is 5.73. The Balaban J connectivity index is 1.26. The van der Waals surface area contributed by atoms with E-state index < -0.39 is 23.6 Å². The van der Waals surface area contributed by atoms with Gasteiger partial charge < -0.3 is 20.1 Å². The Morgan fingerprint density at radius 2 is 1.69 bits per heavy atom. The molecule has 0 spiro atoms. The SMILES string of the molecule is CC1SCC(C(=O)O)N1C(=O)CC(C)(NC(=O)OCC1c2ccccc2-c2ccccc21)C1CC1. The molecule has 1 heterocycles. The molecule has 0 bridgehead atoms. The van der Waals surface area contributed by atoms with Gasteiger partial charge in [0.1, 0.15) is 12.6 Å². The van der Waals surface area contributed by atoms with Crippen LogP contribution in [0.25, 0.3) is 11.1 Å². The third kappa shape index (κ3) is 4.51. The van der Waals surface area contributed by atoms with Crippen molar-refractivity contribution in [3.05, 3.63) is 59.7 Å². The zero-order valence-electron chi connectivity index (χ0n) is 19.9. The molecular formula is C27H30N2O5S. The molecule has 2 amide bonds. The number of aliphatic carboxylic acids is 1. The number of nitrogens with zero attached hydrogens (tertiary/aromatic N) is 1. The topological polar surface area (TPSA) is 95.9 Å². The second-order valence-electron chi connectivity index (χ2n) is 9.91. The van der Waals surface area contributed by atoms with Gasteiger partial charge in [-0.2, -0.15) is 0 Å². The van der Waals surface area contributed by atoms with Crippen molar-refractivity contribution in [1.82, 2.24) is 10.2 Å². The van der Waals surface area contributed by atoms with Gasteiger partial charge in [-0.25, -0.2) is 9.59 Å². The van der Waals surface area contributed by atoms with Crippen LogP contribution in [0.4, 0.5) is 4.79 Å². The zero-order chi connectivity index (χ0) is 24.7. The first kappa shape index (κ1) is 23.7.